The molecule has 0 nitrogen and oxygen atoms in total. The SMILES string of the molecule is [F][Fe-2]([F])([F])([F])([F])[F].[Na+].[Na+]. The molecule has 0 saturated carbocycles. The standard InChI is InChI=1S/6FH.Fe.2Na/h6*1H;;;/q;;;;;;+4;2*+1/p-6. The second-order valence-corrected chi connectivity index (χ2v) is 3.12. The second-order valence-electron chi connectivity index (χ2n) is 0.758. The van der Waals surface area contributed by atoms with Gasteiger partial charge in [0.2, 0.25) is 0 Å². The molecule has 0 fully saturated rings. The first kappa shape index (κ1) is 17.3. The van der Waals surface area contributed by atoms with Crippen molar-refractivity contribution in [1.82, 2.24) is 0 Å². The Labute approximate surface area is 92.6 Å². The molecule has 0 N–H and O–H groups in total. The van der Waals surface area contributed by atoms with Gasteiger partial charge in [-0.05, 0) is 0 Å². The van der Waals surface area contributed by atoms with Crippen molar-refractivity contribution < 1.29 is 93.9 Å². The van der Waals surface area contributed by atoms with E-state index in [-0.39, 0.29) is 59.1 Å². The van der Waals surface area contributed by atoms with Gasteiger partial charge in [-0.25, -0.2) is 0 Å². The maximum absolute atomic E-state index is 10.8. The van der Waals surface area contributed by atoms with Crippen molar-refractivity contribution >= 4 is 0 Å². The van der Waals surface area contributed by atoms with E-state index in [1.807, 2.05) is 0 Å². The third-order valence-electron chi connectivity index (χ3n) is 0. The van der Waals surface area contributed by atoms with E-state index in [9.17, 15) is 21.3 Å². The molecule has 0 bridgehead atoms. The van der Waals surface area contributed by atoms with Gasteiger partial charge < -0.3 is 0 Å². The van der Waals surface area contributed by atoms with Crippen molar-refractivity contribution in [2.45, 2.75) is 0 Å². The second kappa shape index (κ2) is 2.86. The van der Waals surface area contributed by atoms with Crippen LogP contribution in [0.5, 0.6) is 0 Å². The van der Waals surface area contributed by atoms with Crippen LogP contribution < -0.4 is 59.1 Å². The first-order chi connectivity index (χ1) is 2.45. The van der Waals surface area contributed by atoms with Crippen LogP contribution in [0, 0.1) is 0 Å². The Morgan fingerprint density at radius 2 is 0.556 bits per heavy atom. The molecule has 0 aliphatic rings. The molecule has 0 aromatic heterocycles. The zero-order valence-corrected chi connectivity index (χ0v) is 9.73. The molecule has 9 heteroatoms. The van der Waals surface area contributed by atoms with Gasteiger partial charge in [-0.1, -0.05) is 0 Å². The Hall–Kier alpha value is 2.10. The molecule has 0 spiro atoms. The summed E-state index contributed by atoms with van der Waals surface area (Å²) in [5.41, 5.74) is 0. The first-order valence-corrected chi connectivity index (χ1v) is 3.31. The molecule has 0 aliphatic carbocycles. The molecule has 0 unspecified atom stereocenters. The molecule has 0 saturated heterocycles. The van der Waals surface area contributed by atoms with Gasteiger partial charge in [0.15, 0.2) is 0 Å². The van der Waals surface area contributed by atoms with Gasteiger partial charge in [-0.15, -0.1) is 0 Å². The van der Waals surface area contributed by atoms with Crippen molar-refractivity contribution in [3.63, 3.8) is 0 Å². The molecule has 0 rings (SSSR count). The predicted molar refractivity (Wildman–Crippen MR) is 6.65 cm³/mol. The van der Waals surface area contributed by atoms with Gasteiger partial charge in [-0.2, -0.15) is 0 Å². The Morgan fingerprint density at radius 1 is 0.556 bits per heavy atom. The van der Waals surface area contributed by atoms with Gasteiger partial charge in [0.1, 0.15) is 0 Å². The van der Waals surface area contributed by atoms with E-state index in [2.05, 4.69) is 0 Å². The summed E-state index contributed by atoms with van der Waals surface area (Å²) in [4.78, 5) is 0. The van der Waals surface area contributed by atoms with E-state index in [0.29, 0.717) is 0 Å². The van der Waals surface area contributed by atoms with Crippen molar-refractivity contribution in [3.8, 4) is 0 Å². The fraction of sp³-hybridized carbons (Fsp3) is 0. The van der Waals surface area contributed by atoms with Crippen LogP contribution in [-0.4, -0.2) is 0 Å². The van der Waals surface area contributed by atoms with Crippen molar-refractivity contribution in [3.05, 3.63) is 0 Å². The molecule has 0 aliphatic heterocycles. The molecule has 0 atom stereocenters. The Kier molecular flexibility index (Phi) is 5.48. The maximum Gasteiger partial charge on any atom is 1.00 e. The minimum atomic E-state index is -10.8. The van der Waals surface area contributed by atoms with Crippen LogP contribution in [0.25, 0.3) is 0 Å². The Morgan fingerprint density at radius 3 is 0.556 bits per heavy atom. The molecule has 0 aromatic carbocycles. The summed E-state index contributed by atoms with van der Waals surface area (Å²) in [5, 5.41) is 0. The van der Waals surface area contributed by atoms with Crippen LogP contribution in [0.3, 0.4) is 0 Å². The smallest absolute Gasteiger partial charge is 1.00 e. The van der Waals surface area contributed by atoms with E-state index in [0.717, 1.165) is 0 Å². The van der Waals surface area contributed by atoms with Crippen LogP contribution in [-0.2, 0) is 13.5 Å². The molecule has 52 valence electrons. The molecule has 0 amide bonds. The van der Waals surface area contributed by atoms with Gasteiger partial charge in [0.25, 0.3) is 0 Å². The summed E-state index contributed by atoms with van der Waals surface area (Å²) in [5.74, 6) is 0. The summed E-state index contributed by atoms with van der Waals surface area (Å²) in [6.07, 6.45) is 0. The van der Waals surface area contributed by atoms with Crippen molar-refractivity contribution in [2.24, 2.45) is 0 Å². The number of hydrogen-bond acceptors (Lipinski definition) is 0. The summed E-state index contributed by atoms with van der Waals surface area (Å²) in [6, 6.07) is 0. The molecular weight excluding hydrogens is 216 g/mol. The number of halogens is 6. The summed E-state index contributed by atoms with van der Waals surface area (Å²) < 4.78 is 59.2. The van der Waals surface area contributed by atoms with Crippen LogP contribution in [0.4, 0.5) is 21.3 Å². The fourth-order valence-electron chi connectivity index (χ4n) is 0. The molecule has 0 heterocycles. The predicted octanol–water partition coefficient (Wildman–Crippen LogP) is -3.47. The van der Waals surface area contributed by atoms with Gasteiger partial charge in [0, 0.05) is 0 Å². The Balaban J connectivity index is -0.000000180. The average molecular weight is 216 g/mol. The van der Waals surface area contributed by atoms with E-state index >= 15 is 0 Å². The minimum absolute atomic E-state index is 0. The summed E-state index contributed by atoms with van der Waals surface area (Å²) in [6.45, 7) is 0. The molecule has 0 radical (unpaired) electrons. The molecule has 9 heavy (non-hydrogen) atoms. The third-order valence-corrected chi connectivity index (χ3v) is 0. The van der Waals surface area contributed by atoms with Crippen LogP contribution in [0.2, 0.25) is 0 Å². The summed E-state index contributed by atoms with van der Waals surface area (Å²) in [7, 11) is 0. The van der Waals surface area contributed by atoms with Crippen LogP contribution >= 0.6 is 0 Å². The molecular formula is F6FeNa2. The van der Waals surface area contributed by atoms with E-state index < -0.39 is 13.5 Å². The van der Waals surface area contributed by atoms with Gasteiger partial charge in [-0.3, -0.25) is 0 Å². The van der Waals surface area contributed by atoms with Crippen molar-refractivity contribution in [1.29, 1.82) is 0 Å². The maximum atomic E-state index is 9.88. The summed E-state index contributed by atoms with van der Waals surface area (Å²) >= 11 is -10.8. The van der Waals surface area contributed by atoms with E-state index in [4.69, 9.17) is 0 Å². The zero-order chi connectivity index (χ0) is 6.41. The zero-order valence-electron chi connectivity index (χ0n) is 4.62. The van der Waals surface area contributed by atoms with Crippen LogP contribution in [0.1, 0.15) is 0 Å². The van der Waals surface area contributed by atoms with E-state index in [1.165, 1.54) is 0 Å². The van der Waals surface area contributed by atoms with Crippen LogP contribution in [0.15, 0.2) is 0 Å². The minimum Gasteiger partial charge on any atom is 1.00 e. The van der Waals surface area contributed by atoms with E-state index in [1.54, 1.807) is 0 Å². The average Bonchev–Trinajstić information content (AvgIpc) is 0.592. The van der Waals surface area contributed by atoms with Gasteiger partial charge >= 0.3 is 93.9 Å². The first-order valence-electron chi connectivity index (χ1n) is 0.802. The van der Waals surface area contributed by atoms with Gasteiger partial charge in [0.05, 0.1) is 0 Å². The van der Waals surface area contributed by atoms with Crippen molar-refractivity contribution in [2.75, 3.05) is 0 Å². The third kappa shape index (κ3) is 150. The fourth-order valence-corrected chi connectivity index (χ4v) is 0. The number of rotatable bonds is 0. The Bertz CT molecular complexity index is 69.6. The largest absolute Gasteiger partial charge is 1.00 e. The quantitative estimate of drug-likeness (QED) is 0.291. The monoisotopic (exact) mass is 216 g/mol. The molecule has 0 aromatic rings. The normalized spacial score (nSPS) is 18.0. The topological polar surface area (TPSA) is 0 Å². The number of hydrogen-bond donors (Lipinski definition) is 0.